The Hall–Kier alpha value is -2.20. The topological polar surface area (TPSA) is 47.0 Å². The number of rotatable bonds is 3. The van der Waals surface area contributed by atoms with Crippen LogP contribution < -0.4 is 10.1 Å². The zero-order valence-corrected chi connectivity index (χ0v) is 11.7. The first kappa shape index (κ1) is 12.5. The predicted molar refractivity (Wildman–Crippen MR) is 81.0 cm³/mol. The van der Waals surface area contributed by atoms with Crippen molar-refractivity contribution < 1.29 is 4.74 Å². The number of nitrogens with zero attached hydrogens (tertiary/aromatic N) is 2. The lowest BCUT2D eigenvalue weighted by Gasteiger charge is -2.08. The number of fused-ring (bicyclic) bond motifs is 1. The van der Waals surface area contributed by atoms with Gasteiger partial charge in [0.15, 0.2) is 0 Å². The van der Waals surface area contributed by atoms with Crippen molar-refractivity contribution in [2.24, 2.45) is 11.8 Å². The van der Waals surface area contributed by atoms with Crippen LogP contribution in [-0.4, -0.2) is 23.1 Å². The van der Waals surface area contributed by atoms with E-state index in [0.717, 1.165) is 24.8 Å². The standard InChI is InChI=1S/C17H17N3O/c1-6-19-17(20-7-1)21-16-4-2-12(3-5-16)13-8-14-10-18-11-15(14)9-13/h1-8,14-15,18H,9-11H2. The molecule has 1 aliphatic heterocycles. The SMILES string of the molecule is C1=C(c2ccc(Oc3ncccn3)cc2)CC2CNCC12. The maximum absolute atomic E-state index is 5.62. The van der Waals surface area contributed by atoms with Gasteiger partial charge in [0, 0.05) is 18.9 Å². The summed E-state index contributed by atoms with van der Waals surface area (Å²) in [6, 6.07) is 10.4. The molecule has 4 rings (SSSR count). The average molecular weight is 279 g/mol. The molecule has 2 aliphatic rings. The third kappa shape index (κ3) is 2.54. The third-order valence-corrected chi connectivity index (χ3v) is 4.27. The van der Waals surface area contributed by atoms with Crippen molar-refractivity contribution in [3.05, 3.63) is 54.4 Å². The van der Waals surface area contributed by atoms with E-state index >= 15 is 0 Å². The normalized spacial score (nSPS) is 23.7. The Balaban J connectivity index is 1.49. The van der Waals surface area contributed by atoms with E-state index in [4.69, 9.17) is 4.74 Å². The zero-order valence-electron chi connectivity index (χ0n) is 11.7. The van der Waals surface area contributed by atoms with Crippen LogP contribution >= 0.6 is 0 Å². The summed E-state index contributed by atoms with van der Waals surface area (Å²) in [5.74, 6) is 2.27. The average Bonchev–Trinajstić information content (AvgIpc) is 3.10. The minimum atomic E-state index is 0.380. The van der Waals surface area contributed by atoms with Crippen LogP contribution in [-0.2, 0) is 0 Å². The maximum atomic E-state index is 5.62. The van der Waals surface area contributed by atoms with Crippen molar-refractivity contribution in [2.45, 2.75) is 6.42 Å². The summed E-state index contributed by atoms with van der Waals surface area (Å²) in [5.41, 5.74) is 2.76. The lowest BCUT2D eigenvalue weighted by molar-refractivity contribution is 0.441. The molecule has 0 spiro atoms. The second kappa shape index (κ2) is 5.30. The molecule has 2 heterocycles. The van der Waals surface area contributed by atoms with Crippen LogP contribution in [0.15, 0.2) is 48.8 Å². The quantitative estimate of drug-likeness (QED) is 0.938. The number of hydrogen-bond donors (Lipinski definition) is 1. The fraction of sp³-hybridized carbons (Fsp3) is 0.294. The molecule has 1 saturated heterocycles. The smallest absolute Gasteiger partial charge is 0.321 e. The summed E-state index contributed by atoms with van der Waals surface area (Å²) in [4.78, 5) is 8.12. The molecular formula is C17H17N3O. The second-order valence-corrected chi connectivity index (χ2v) is 5.64. The van der Waals surface area contributed by atoms with Gasteiger partial charge in [0.2, 0.25) is 0 Å². The monoisotopic (exact) mass is 279 g/mol. The van der Waals surface area contributed by atoms with Gasteiger partial charge in [0.25, 0.3) is 0 Å². The van der Waals surface area contributed by atoms with Gasteiger partial charge >= 0.3 is 6.01 Å². The van der Waals surface area contributed by atoms with Crippen LogP contribution in [0.3, 0.4) is 0 Å². The number of aromatic nitrogens is 2. The van der Waals surface area contributed by atoms with Gasteiger partial charge in [-0.15, -0.1) is 0 Å². The van der Waals surface area contributed by atoms with Gasteiger partial charge < -0.3 is 10.1 Å². The first-order chi connectivity index (χ1) is 10.4. The number of ether oxygens (including phenoxy) is 1. The zero-order chi connectivity index (χ0) is 14.1. The minimum absolute atomic E-state index is 0.380. The summed E-state index contributed by atoms with van der Waals surface area (Å²) >= 11 is 0. The van der Waals surface area contributed by atoms with Crippen LogP contribution in [0.2, 0.25) is 0 Å². The summed E-state index contributed by atoms with van der Waals surface area (Å²) in [5, 5.41) is 3.45. The van der Waals surface area contributed by atoms with Crippen molar-refractivity contribution in [3.8, 4) is 11.8 Å². The van der Waals surface area contributed by atoms with E-state index in [0.29, 0.717) is 11.9 Å². The van der Waals surface area contributed by atoms with Crippen LogP contribution in [0, 0.1) is 11.8 Å². The number of hydrogen-bond acceptors (Lipinski definition) is 4. The van der Waals surface area contributed by atoms with Gasteiger partial charge in [-0.25, -0.2) is 9.97 Å². The maximum Gasteiger partial charge on any atom is 0.321 e. The predicted octanol–water partition coefficient (Wildman–Crippen LogP) is 2.89. The molecule has 1 aromatic heterocycles. The Morgan fingerprint density at radius 2 is 1.86 bits per heavy atom. The molecule has 0 amide bonds. The van der Waals surface area contributed by atoms with Crippen molar-refractivity contribution in [2.75, 3.05) is 13.1 Å². The van der Waals surface area contributed by atoms with E-state index in [1.807, 2.05) is 12.1 Å². The van der Waals surface area contributed by atoms with Gasteiger partial charge in [0.1, 0.15) is 5.75 Å². The first-order valence-corrected chi connectivity index (χ1v) is 7.35. The molecule has 4 heteroatoms. The molecule has 4 nitrogen and oxygen atoms in total. The van der Waals surface area contributed by atoms with E-state index in [1.54, 1.807) is 18.5 Å². The molecule has 2 aromatic rings. The number of nitrogens with one attached hydrogen (secondary N) is 1. The Labute approximate surface area is 123 Å². The Morgan fingerprint density at radius 3 is 2.62 bits per heavy atom. The first-order valence-electron chi connectivity index (χ1n) is 7.35. The van der Waals surface area contributed by atoms with Crippen molar-refractivity contribution in [1.82, 2.24) is 15.3 Å². The molecule has 0 saturated carbocycles. The molecule has 1 aromatic carbocycles. The molecule has 2 atom stereocenters. The molecule has 1 aliphatic carbocycles. The Morgan fingerprint density at radius 1 is 1.05 bits per heavy atom. The van der Waals surface area contributed by atoms with Crippen molar-refractivity contribution in [1.29, 1.82) is 0 Å². The van der Waals surface area contributed by atoms with E-state index in [2.05, 4.69) is 33.5 Å². The minimum Gasteiger partial charge on any atom is -0.424 e. The van der Waals surface area contributed by atoms with E-state index < -0.39 is 0 Å². The van der Waals surface area contributed by atoms with E-state index in [1.165, 1.54) is 17.6 Å². The second-order valence-electron chi connectivity index (χ2n) is 5.64. The van der Waals surface area contributed by atoms with Gasteiger partial charge in [0.05, 0.1) is 0 Å². The lowest BCUT2D eigenvalue weighted by atomic mass is 9.98. The number of benzene rings is 1. The van der Waals surface area contributed by atoms with Crippen LogP contribution in [0.1, 0.15) is 12.0 Å². The highest BCUT2D eigenvalue weighted by atomic mass is 16.5. The van der Waals surface area contributed by atoms with E-state index in [9.17, 15) is 0 Å². The van der Waals surface area contributed by atoms with Crippen LogP contribution in [0.25, 0.3) is 5.57 Å². The highest BCUT2D eigenvalue weighted by molar-refractivity contribution is 5.69. The fourth-order valence-corrected chi connectivity index (χ4v) is 3.18. The largest absolute Gasteiger partial charge is 0.424 e. The lowest BCUT2D eigenvalue weighted by Crippen LogP contribution is -2.09. The molecular weight excluding hydrogens is 262 g/mol. The summed E-state index contributed by atoms with van der Waals surface area (Å²) in [6.07, 6.45) is 6.96. The van der Waals surface area contributed by atoms with Crippen molar-refractivity contribution in [3.63, 3.8) is 0 Å². The highest BCUT2D eigenvalue weighted by Crippen LogP contribution is 2.38. The molecule has 0 bridgehead atoms. The Bertz CT molecular complexity index is 651. The van der Waals surface area contributed by atoms with Crippen molar-refractivity contribution >= 4 is 5.57 Å². The van der Waals surface area contributed by atoms with E-state index in [-0.39, 0.29) is 0 Å². The Kier molecular flexibility index (Phi) is 3.16. The molecule has 1 N–H and O–H groups in total. The van der Waals surface area contributed by atoms with Crippen LogP contribution in [0.5, 0.6) is 11.8 Å². The molecule has 0 radical (unpaired) electrons. The number of allylic oxidation sites excluding steroid dienone is 1. The van der Waals surface area contributed by atoms with Gasteiger partial charge in [-0.1, -0.05) is 18.2 Å². The highest BCUT2D eigenvalue weighted by Gasteiger charge is 2.31. The third-order valence-electron chi connectivity index (χ3n) is 4.27. The summed E-state index contributed by atoms with van der Waals surface area (Å²) in [7, 11) is 0. The molecule has 2 unspecified atom stereocenters. The molecule has 106 valence electrons. The molecule has 21 heavy (non-hydrogen) atoms. The summed E-state index contributed by atoms with van der Waals surface area (Å²) < 4.78 is 5.62. The fourth-order valence-electron chi connectivity index (χ4n) is 3.18. The van der Waals surface area contributed by atoms with Gasteiger partial charge in [-0.05, 0) is 54.1 Å². The summed E-state index contributed by atoms with van der Waals surface area (Å²) in [6.45, 7) is 2.28. The van der Waals surface area contributed by atoms with Crippen LogP contribution in [0.4, 0.5) is 0 Å². The van der Waals surface area contributed by atoms with Gasteiger partial charge in [-0.2, -0.15) is 0 Å². The van der Waals surface area contributed by atoms with Gasteiger partial charge in [-0.3, -0.25) is 0 Å². The molecule has 1 fully saturated rings.